The molecule has 0 spiro atoms. The van der Waals surface area contributed by atoms with Crippen LogP contribution in [0, 0.1) is 11.8 Å². The highest BCUT2D eigenvalue weighted by atomic mass is 16.4. The van der Waals surface area contributed by atoms with Crippen LogP contribution >= 0.6 is 0 Å². The normalized spacial score (nSPS) is 27.5. The fraction of sp³-hybridized carbons (Fsp3) is 0.556. The molecule has 0 amide bonds. The summed E-state index contributed by atoms with van der Waals surface area (Å²) in [6.45, 7) is 1.17. The average molecular weight is 198 g/mol. The lowest BCUT2D eigenvalue weighted by atomic mass is 9.78. The second kappa shape index (κ2) is 3.69. The molecule has 1 rings (SSSR count). The molecule has 5 heteroatoms. The van der Waals surface area contributed by atoms with Crippen molar-refractivity contribution >= 4 is 23.3 Å². The first-order chi connectivity index (χ1) is 6.43. The molecule has 1 aliphatic rings. The first kappa shape index (κ1) is 10.6. The third-order valence-electron chi connectivity index (χ3n) is 2.29. The van der Waals surface area contributed by atoms with Crippen LogP contribution in [0.1, 0.15) is 19.8 Å². The third-order valence-corrected chi connectivity index (χ3v) is 2.29. The lowest BCUT2D eigenvalue weighted by Crippen LogP contribution is -2.39. The number of rotatable bonds is 2. The zero-order valence-corrected chi connectivity index (χ0v) is 7.65. The van der Waals surface area contributed by atoms with Crippen molar-refractivity contribution in [2.75, 3.05) is 0 Å². The molecule has 1 fully saturated rings. The Balaban J connectivity index is 2.83. The van der Waals surface area contributed by atoms with Gasteiger partial charge in [0.1, 0.15) is 11.7 Å². The van der Waals surface area contributed by atoms with E-state index in [0.29, 0.717) is 0 Å². The number of hydrogen-bond acceptors (Lipinski definition) is 4. The van der Waals surface area contributed by atoms with E-state index < -0.39 is 35.2 Å². The number of aliphatic carboxylic acids is 1. The summed E-state index contributed by atoms with van der Waals surface area (Å²) in [6.07, 6.45) is -0.434. The van der Waals surface area contributed by atoms with Crippen molar-refractivity contribution in [2.24, 2.45) is 11.8 Å². The molecule has 14 heavy (non-hydrogen) atoms. The van der Waals surface area contributed by atoms with Gasteiger partial charge in [-0.3, -0.25) is 19.2 Å². The number of Topliss-reactive ketones (excluding diaryl/α,β-unsaturated/α-hetero) is 3. The van der Waals surface area contributed by atoms with E-state index in [1.807, 2.05) is 0 Å². The Labute approximate surface area is 80.1 Å². The van der Waals surface area contributed by atoms with Crippen molar-refractivity contribution < 1.29 is 24.3 Å². The van der Waals surface area contributed by atoms with E-state index in [4.69, 9.17) is 5.11 Å². The number of carbonyl (C=O) groups is 4. The largest absolute Gasteiger partial charge is 0.481 e. The second-order valence-electron chi connectivity index (χ2n) is 3.42. The monoisotopic (exact) mass is 198 g/mol. The van der Waals surface area contributed by atoms with Crippen LogP contribution in [0.3, 0.4) is 0 Å². The van der Waals surface area contributed by atoms with Crippen LogP contribution in [-0.2, 0) is 19.2 Å². The van der Waals surface area contributed by atoms with Crippen LogP contribution in [0.2, 0.25) is 0 Å². The third kappa shape index (κ3) is 1.86. The zero-order chi connectivity index (χ0) is 10.9. The second-order valence-corrected chi connectivity index (χ2v) is 3.42. The number of carbonyl (C=O) groups excluding carboxylic acids is 3. The fourth-order valence-corrected chi connectivity index (χ4v) is 1.60. The molecular formula is C9H10O5. The minimum atomic E-state index is -1.22. The molecule has 76 valence electrons. The lowest BCUT2D eigenvalue weighted by molar-refractivity contribution is -0.152. The van der Waals surface area contributed by atoms with Crippen molar-refractivity contribution in [3.63, 3.8) is 0 Å². The van der Waals surface area contributed by atoms with Crippen molar-refractivity contribution in [1.29, 1.82) is 0 Å². The van der Waals surface area contributed by atoms with Crippen LogP contribution in [0.15, 0.2) is 0 Å². The maximum Gasteiger partial charge on any atom is 0.307 e. The Morgan fingerprint density at radius 1 is 1.21 bits per heavy atom. The van der Waals surface area contributed by atoms with Crippen LogP contribution in [-0.4, -0.2) is 28.4 Å². The summed E-state index contributed by atoms with van der Waals surface area (Å²) in [4.78, 5) is 44.0. The number of carboxylic acid groups (broad SMARTS) is 1. The van der Waals surface area contributed by atoms with Gasteiger partial charge >= 0.3 is 5.97 Å². The molecule has 0 heterocycles. The Bertz CT molecular complexity index is 299. The molecule has 0 bridgehead atoms. The quantitative estimate of drug-likeness (QED) is 0.622. The number of hydrogen-bond donors (Lipinski definition) is 1. The summed E-state index contributed by atoms with van der Waals surface area (Å²) < 4.78 is 0. The van der Waals surface area contributed by atoms with E-state index in [9.17, 15) is 19.2 Å². The zero-order valence-electron chi connectivity index (χ0n) is 7.65. The molecule has 0 aliphatic heterocycles. The Kier molecular flexibility index (Phi) is 2.78. The van der Waals surface area contributed by atoms with Crippen molar-refractivity contribution in [3.05, 3.63) is 0 Å². The van der Waals surface area contributed by atoms with E-state index in [1.54, 1.807) is 0 Å². The van der Waals surface area contributed by atoms with Gasteiger partial charge in [0.15, 0.2) is 11.6 Å². The highest BCUT2D eigenvalue weighted by molar-refractivity contribution is 6.21. The highest BCUT2D eigenvalue weighted by Gasteiger charge is 2.40. The van der Waals surface area contributed by atoms with E-state index in [-0.39, 0.29) is 12.8 Å². The molecule has 0 saturated heterocycles. The highest BCUT2D eigenvalue weighted by Crippen LogP contribution is 2.23. The van der Waals surface area contributed by atoms with Gasteiger partial charge in [-0.1, -0.05) is 0 Å². The van der Waals surface area contributed by atoms with Crippen molar-refractivity contribution in [1.82, 2.24) is 0 Å². The standard InChI is InChI=1S/C9H10O5/c1-4(10)8-6(11)2-5(9(13)14)3-7(8)12/h5,8H,2-3H2,1H3,(H,13,14). The molecule has 0 atom stereocenters. The van der Waals surface area contributed by atoms with Crippen LogP contribution in [0.25, 0.3) is 0 Å². The van der Waals surface area contributed by atoms with Gasteiger partial charge in [-0.2, -0.15) is 0 Å². The van der Waals surface area contributed by atoms with Gasteiger partial charge in [0.2, 0.25) is 0 Å². The summed E-state index contributed by atoms with van der Waals surface area (Å²) in [5.41, 5.74) is 0. The first-order valence-corrected chi connectivity index (χ1v) is 4.22. The predicted octanol–water partition coefficient (Wildman–Crippen LogP) is -0.176. The van der Waals surface area contributed by atoms with Crippen molar-refractivity contribution in [2.45, 2.75) is 19.8 Å². The molecule has 0 radical (unpaired) electrons. The summed E-state index contributed by atoms with van der Waals surface area (Å²) in [6, 6.07) is 0. The van der Waals surface area contributed by atoms with Crippen LogP contribution < -0.4 is 0 Å². The Morgan fingerprint density at radius 3 is 1.93 bits per heavy atom. The Morgan fingerprint density at radius 2 is 1.64 bits per heavy atom. The first-order valence-electron chi connectivity index (χ1n) is 4.22. The predicted molar refractivity (Wildman–Crippen MR) is 44.5 cm³/mol. The minimum absolute atomic E-state index is 0.217. The van der Waals surface area contributed by atoms with E-state index >= 15 is 0 Å². The summed E-state index contributed by atoms with van der Waals surface area (Å²) in [5.74, 6) is -4.96. The minimum Gasteiger partial charge on any atom is -0.481 e. The van der Waals surface area contributed by atoms with E-state index in [1.165, 1.54) is 6.92 Å². The molecule has 0 aromatic carbocycles. The molecule has 1 aliphatic carbocycles. The molecule has 0 aromatic heterocycles. The van der Waals surface area contributed by atoms with Gasteiger partial charge in [0.05, 0.1) is 5.92 Å². The van der Waals surface area contributed by atoms with Gasteiger partial charge in [-0.05, 0) is 6.92 Å². The molecule has 1 N–H and O–H groups in total. The topological polar surface area (TPSA) is 88.5 Å². The molecule has 5 nitrogen and oxygen atoms in total. The van der Waals surface area contributed by atoms with Gasteiger partial charge < -0.3 is 5.11 Å². The summed E-state index contributed by atoms with van der Waals surface area (Å²) in [7, 11) is 0. The number of carboxylic acids is 1. The van der Waals surface area contributed by atoms with Crippen molar-refractivity contribution in [3.8, 4) is 0 Å². The molecule has 0 aromatic rings. The lowest BCUT2D eigenvalue weighted by Gasteiger charge is -2.21. The maximum atomic E-state index is 11.3. The van der Waals surface area contributed by atoms with Crippen LogP contribution in [0.4, 0.5) is 0 Å². The molecular weight excluding hydrogens is 188 g/mol. The Hall–Kier alpha value is -1.52. The van der Waals surface area contributed by atoms with Gasteiger partial charge in [0.25, 0.3) is 0 Å². The van der Waals surface area contributed by atoms with Gasteiger partial charge in [0, 0.05) is 12.8 Å². The van der Waals surface area contributed by atoms with Gasteiger partial charge in [-0.15, -0.1) is 0 Å². The number of ketones is 3. The van der Waals surface area contributed by atoms with Crippen LogP contribution in [0.5, 0.6) is 0 Å². The molecule has 1 saturated carbocycles. The van der Waals surface area contributed by atoms with Gasteiger partial charge in [-0.25, -0.2) is 0 Å². The average Bonchev–Trinajstić information content (AvgIpc) is 2.01. The smallest absolute Gasteiger partial charge is 0.307 e. The molecule has 0 unspecified atom stereocenters. The van der Waals surface area contributed by atoms with E-state index in [2.05, 4.69) is 0 Å². The maximum absolute atomic E-state index is 11.3. The summed E-state index contributed by atoms with van der Waals surface area (Å²) in [5, 5.41) is 8.61. The SMILES string of the molecule is CC(=O)C1C(=O)CC(C(=O)O)CC1=O. The fourth-order valence-electron chi connectivity index (χ4n) is 1.60. The summed E-state index contributed by atoms with van der Waals surface area (Å²) >= 11 is 0. The van der Waals surface area contributed by atoms with E-state index in [0.717, 1.165) is 0 Å².